The first-order chi connectivity index (χ1) is 10.4. The van der Waals surface area contributed by atoms with Gasteiger partial charge in [-0.1, -0.05) is 24.3 Å². The SMILES string of the molecule is C=N/C(=C\SCc1cccnc1)c1c[nH]c2ccccc12. The van der Waals surface area contributed by atoms with Crippen LogP contribution in [0, 0.1) is 0 Å². The number of fused-ring (bicyclic) bond motifs is 1. The molecule has 0 spiro atoms. The topological polar surface area (TPSA) is 41.0 Å². The second kappa shape index (κ2) is 6.41. The van der Waals surface area contributed by atoms with Crippen molar-refractivity contribution in [3.05, 3.63) is 71.5 Å². The molecule has 3 rings (SSSR count). The molecule has 0 unspecified atom stereocenters. The van der Waals surface area contributed by atoms with Gasteiger partial charge < -0.3 is 4.98 Å². The maximum absolute atomic E-state index is 4.17. The summed E-state index contributed by atoms with van der Waals surface area (Å²) in [6.07, 6.45) is 5.65. The second-order valence-corrected chi connectivity index (χ2v) is 5.44. The number of nitrogens with one attached hydrogen (secondary N) is 1. The summed E-state index contributed by atoms with van der Waals surface area (Å²) in [6, 6.07) is 12.2. The molecule has 21 heavy (non-hydrogen) atoms. The van der Waals surface area contributed by atoms with E-state index in [1.54, 1.807) is 18.0 Å². The molecule has 4 heteroatoms. The molecule has 0 saturated heterocycles. The Morgan fingerprint density at radius 2 is 2.19 bits per heavy atom. The van der Waals surface area contributed by atoms with Gasteiger partial charge in [0.2, 0.25) is 0 Å². The number of rotatable bonds is 5. The minimum Gasteiger partial charge on any atom is -0.360 e. The normalized spacial score (nSPS) is 11.7. The maximum atomic E-state index is 4.17. The summed E-state index contributed by atoms with van der Waals surface area (Å²) >= 11 is 1.70. The molecule has 0 atom stereocenters. The number of hydrogen-bond donors (Lipinski definition) is 1. The van der Waals surface area contributed by atoms with E-state index < -0.39 is 0 Å². The summed E-state index contributed by atoms with van der Waals surface area (Å²) in [7, 11) is 0. The second-order valence-electron chi connectivity index (χ2n) is 4.58. The van der Waals surface area contributed by atoms with E-state index in [0.717, 1.165) is 27.9 Å². The molecular formula is C17H15N3S. The molecule has 0 saturated carbocycles. The number of pyridine rings is 1. The molecule has 3 aromatic rings. The minimum atomic E-state index is 0.870. The third-order valence-electron chi connectivity index (χ3n) is 3.20. The van der Waals surface area contributed by atoms with Gasteiger partial charge in [-0.25, -0.2) is 0 Å². The van der Waals surface area contributed by atoms with Gasteiger partial charge >= 0.3 is 0 Å². The van der Waals surface area contributed by atoms with Crippen molar-refractivity contribution in [2.24, 2.45) is 4.99 Å². The highest BCUT2D eigenvalue weighted by Gasteiger charge is 2.06. The van der Waals surface area contributed by atoms with E-state index in [-0.39, 0.29) is 0 Å². The third kappa shape index (κ3) is 3.06. The maximum Gasteiger partial charge on any atom is 0.0779 e. The summed E-state index contributed by atoms with van der Waals surface area (Å²) in [5, 5.41) is 3.22. The van der Waals surface area contributed by atoms with Gasteiger partial charge in [-0.3, -0.25) is 9.98 Å². The minimum absolute atomic E-state index is 0.870. The van der Waals surface area contributed by atoms with Crippen molar-refractivity contribution >= 4 is 35.1 Å². The number of hydrogen-bond acceptors (Lipinski definition) is 3. The van der Waals surface area contributed by atoms with Crippen LogP contribution in [0.4, 0.5) is 0 Å². The quantitative estimate of drug-likeness (QED) is 0.704. The van der Waals surface area contributed by atoms with E-state index in [1.165, 1.54) is 5.56 Å². The number of aliphatic imine (C=N–C) groups is 1. The lowest BCUT2D eigenvalue weighted by atomic mass is 10.1. The zero-order valence-electron chi connectivity index (χ0n) is 11.5. The summed E-state index contributed by atoms with van der Waals surface area (Å²) in [5.41, 5.74) is 4.28. The largest absolute Gasteiger partial charge is 0.360 e. The summed E-state index contributed by atoms with van der Waals surface area (Å²) < 4.78 is 0. The summed E-state index contributed by atoms with van der Waals surface area (Å²) in [5.74, 6) is 0.870. The van der Waals surface area contributed by atoms with Crippen LogP contribution in [0.1, 0.15) is 11.1 Å². The van der Waals surface area contributed by atoms with Gasteiger partial charge in [-0.2, -0.15) is 0 Å². The lowest BCUT2D eigenvalue weighted by Gasteiger charge is -2.01. The van der Waals surface area contributed by atoms with E-state index in [0.29, 0.717) is 0 Å². The summed E-state index contributed by atoms with van der Waals surface area (Å²) in [4.78, 5) is 11.5. The van der Waals surface area contributed by atoms with Crippen molar-refractivity contribution in [1.29, 1.82) is 0 Å². The first-order valence-electron chi connectivity index (χ1n) is 6.62. The Morgan fingerprint density at radius 3 is 3.00 bits per heavy atom. The van der Waals surface area contributed by atoms with Crippen molar-refractivity contribution in [1.82, 2.24) is 9.97 Å². The molecule has 0 aliphatic heterocycles. The standard InChI is InChI=1S/C17H15N3S/c1-18-17(12-21-11-13-5-4-8-19-9-13)15-10-20-16-7-3-2-6-14(15)16/h2-10,12,20H,1,11H2/b17-12-. The average Bonchev–Trinajstić information content (AvgIpc) is 2.97. The fourth-order valence-corrected chi connectivity index (χ4v) is 2.98. The highest BCUT2D eigenvalue weighted by molar-refractivity contribution is 8.01. The molecule has 0 fully saturated rings. The zero-order chi connectivity index (χ0) is 14.5. The number of aromatic nitrogens is 2. The number of aromatic amines is 1. The Hall–Kier alpha value is -2.33. The molecule has 3 nitrogen and oxygen atoms in total. The van der Waals surface area contributed by atoms with E-state index in [2.05, 4.69) is 45.3 Å². The van der Waals surface area contributed by atoms with Gasteiger partial charge in [0.05, 0.1) is 5.70 Å². The Kier molecular flexibility index (Phi) is 4.17. The predicted octanol–water partition coefficient (Wildman–Crippen LogP) is 4.50. The van der Waals surface area contributed by atoms with Crippen molar-refractivity contribution < 1.29 is 0 Å². The average molecular weight is 293 g/mol. The fourth-order valence-electron chi connectivity index (χ4n) is 2.17. The van der Waals surface area contributed by atoms with Crippen molar-refractivity contribution in [3.63, 3.8) is 0 Å². The fraction of sp³-hybridized carbons (Fsp3) is 0.0588. The lowest BCUT2D eigenvalue weighted by molar-refractivity contribution is 1.25. The lowest BCUT2D eigenvalue weighted by Crippen LogP contribution is -1.81. The van der Waals surface area contributed by atoms with Crippen LogP contribution in [0.25, 0.3) is 16.6 Å². The molecule has 0 amide bonds. The van der Waals surface area contributed by atoms with Gasteiger partial charge in [0.15, 0.2) is 0 Å². The molecule has 1 N–H and O–H groups in total. The van der Waals surface area contributed by atoms with Crippen LogP contribution in [0.3, 0.4) is 0 Å². The molecule has 2 heterocycles. The van der Waals surface area contributed by atoms with Crippen LogP contribution in [0.2, 0.25) is 0 Å². The smallest absolute Gasteiger partial charge is 0.0779 e. The van der Waals surface area contributed by atoms with Gasteiger partial charge in [0, 0.05) is 40.8 Å². The molecule has 104 valence electrons. The first-order valence-corrected chi connectivity index (χ1v) is 7.67. The van der Waals surface area contributed by atoms with Crippen molar-refractivity contribution in [2.75, 3.05) is 0 Å². The number of H-pyrrole nitrogens is 1. The van der Waals surface area contributed by atoms with Crippen molar-refractivity contribution in [3.8, 4) is 0 Å². The van der Waals surface area contributed by atoms with Crippen LogP contribution in [-0.2, 0) is 5.75 Å². The third-order valence-corrected chi connectivity index (χ3v) is 4.09. The summed E-state index contributed by atoms with van der Waals surface area (Å²) in [6.45, 7) is 3.69. The van der Waals surface area contributed by atoms with Crippen molar-refractivity contribution in [2.45, 2.75) is 5.75 Å². The van der Waals surface area contributed by atoms with Crippen LogP contribution in [-0.4, -0.2) is 16.7 Å². The Labute approximate surface area is 127 Å². The highest BCUT2D eigenvalue weighted by Crippen LogP contribution is 2.28. The van der Waals surface area contributed by atoms with E-state index in [1.807, 2.05) is 30.6 Å². The molecule has 0 radical (unpaired) electrons. The van der Waals surface area contributed by atoms with Crippen LogP contribution >= 0.6 is 11.8 Å². The molecular weight excluding hydrogens is 278 g/mol. The Bertz CT molecular complexity index is 775. The molecule has 0 aliphatic rings. The Morgan fingerprint density at radius 1 is 1.29 bits per heavy atom. The first kappa shape index (κ1) is 13.6. The van der Waals surface area contributed by atoms with Gasteiger partial charge in [0.25, 0.3) is 0 Å². The van der Waals surface area contributed by atoms with Gasteiger partial charge in [-0.15, -0.1) is 11.8 Å². The monoisotopic (exact) mass is 293 g/mol. The van der Waals surface area contributed by atoms with Crippen LogP contribution in [0.5, 0.6) is 0 Å². The van der Waals surface area contributed by atoms with E-state index >= 15 is 0 Å². The zero-order valence-corrected chi connectivity index (χ0v) is 12.3. The van der Waals surface area contributed by atoms with E-state index in [4.69, 9.17) is 0 Å². The van der Waals surface area contributed by atoms with Crippen LogP contribution < -0.4 is 0 Å². The van der Waals surface area contributed by atoms with Gasteiger partial charge in [-0.05, 0) is 29.8 Å². The van der Waals surface area contributed by atoms with Gasteiger partial charge in [0.1, 0.15) is 0 Å². The number of para-hydroxylation sites is 1. The number of benzene rings is 1. The number of nitrogens with zero attached hydrogens (tertiary/aromatic N) is 2. The Balaban J connectivity index is 1.81. The predicted molar refractivity (Wildman–Crippen MR) is 91.4 cm³/mol. The number of thioether (sulfide) groups is 1. The van der Waals surface area contributed by atoms with Crippen LogP contribution in [0.15, 0.2) is 65.4 Å². The molecule has 2 aromatic heterocycles. The molecule has 0 aliphatic carbocycles. The molecule has 1 aromatic carbocycles. The highest BCUT2D eigenvalue weighted by atomic mass is 32.2. The molecule has 0 bridgehead atoms. The van der Waals surface area contributed by atoms with E-state index in [9.17, 15) is 0 Å².